The highest BCUT2D eigenvalue weighted by atomic mass is 32.1. The fraction of sp³-hybridized carbons (Fsp3) is 0.455. The van der Waals surface area contributed by atoms with E-state index in [0.29, 0.717) is 23.8 Å². The summed E-state index contributed by atoms with van der Waals surface area (Å²) >= 11 is 1.46. The summed E-state index contributed by atoms with van der Waals surface area (Å²) in [6.07, 6.45) is 2.40. The molecule has 1 fully saturated rings. The number of nitrogens with zero attached hydrogens (tertiary/aromatic N) is 3. The van der Waals surface area contributed by atoms with Gasteiger partial charge in [0.25, 0.3) is 0 Å². The summed E-state index contributed by atoms with van der Waals surface area (Å²) in [7, 11) is 3.57. The average Bonchev–Trinajstić information content (AvgIpc) is 3.33. The summed E-state index contributed by atoms with van der Waals surface area (Å²) in [5.41, 5.74) is 7.01. The van der Waals surface area contributed by atoms with Gasteiger partial charge in [-0.1, -0.05) is 12.1 Å². The Morgan fingerprint density at radius 2 is 1.97 bits per heavy atom. The van der Waals surface area contributed by atoms with Crippen LogP contribution in [-0.2, 0) is 29.0 Å². The highest BCUT2D eigenvalue weighted by Crippen LogP contribution is 2.29. The molecular weight excluding hydrogens is 430 g/mol. The molecule has 1 atom stereocenters. The first-order valence-electron chi connectivity index (χ1n) is 10.5. The normalized spacial score (nSPS) is 16.0. The number of thiazole rings is 1. The minimum atomic E-state index is -0.844. The topological polar surface area (TPSA) is 118 Å². The number of anilines is 1. The quantitative estimate of drug-likeness (QED) is 0.626. The number of rotatable bonds is 8. The van der Waals surface area contributed by atoms with E-state index in [-0.39, 0.29) is 17.9 Å². The van der Waals surface area contributed by atoms with Gasteiger partial charge in [0.1, 0.15) is 5.75 Å². The number of aryl methyl sites for hydroxylation is 2. The van der Waals surface area contributed by atoms with E-state index in [0.717, 1.165) is 41.9 Å². The first kappa shape index (κ1) is 23.7. The van der Waals surface area contributed by atoms with Crippen LogP contribution in [0.25, 0.3) is 0 Å². The molecule has 0 bridgehead atoms. The van der Waals surface area contributed by atoms with Gasteiger partial charge in [-0.25, -0.2) is 9.78 Å². The molecule has 0 aliphatic carbocycles. The van der Waals surface area contributed by atoms with E-state index in [1.54, 1.807) is 31.1 Å². The Hall–Kier alpha value is -2.98. The van der Waals surface area contributed by atoms with Crippen molar-refractivity contribution in [3.63, 3.8) is 0 Å². The molecule has 1 saturated heterocycles. The van der Waals surface area contributed by atoms with Crippen molar-refractivity contribution in [2.75, 3.05) is 26.0 Å². The van der Waals surface area contributed by atoms with Crippen LogP contribution in [0.3, 0.4) is 0 Å². The molecule has 0 saturated carbocycles. The van der Waals surface area contributed by atoms with E-state index in [9.17, 15) is 14.4 Å². The number of likely N-dealkylation sites (tertiary alicyclic amines) is 1. The molecule has 0 spiro atoms. The fourth-order valence-electron chi connectivity index (χ4n) is 3.79. The molecule has 0 radical (unpaired) electrons. The van der Waals surface area contributed by atoms with Crippen molar-refractivity contribution < 1.29 is 19.1 Å². The molecule has 0 unspecified atom stereocenters. The Morgan fingerprint density at radius 3 is 2.59 bits per heavy atom. The van der Waals surface area contributed by atoms with Crippen molar-refractivity contribution >= 4 is 34.4 Å². The lowest BCUT2D eigenvalue weighted by Gasteiger charge is -2.25. The summed E-state index contributed by atoms with van der Waals surface area (Å²) in [5.74, 6) is 0.354. The third-order valence-electron chi connectivity index (χ3n) is 5.29. The third-order valence-corrected chi connectivity index (χ3v) is 6.29. The molecule has 1 aromatic carbocycles. The maximum Gasteiger partial charge on any atom is 0.409 e. The molecule has 9 nitrogen and oxygen atoms in total. The Labute approximate surface area is 191 Å². The van der Waals surface area contributed by atoms with Gasteiger partial charge in [0.15, 0.2) is 5.13 Å². The lowest BCUT2D eigenvalue weighted by atomic mass is 10.1. The van der Waals surface area contributed by atoms with Crippen LogP contribution >= 0.6 is 11.3 Å². The molecule has 32 heavy (non-hydrogen) atoms. The molecule has 2 heterocycles. The van der Waals surface area contributed by atoms with Crippen LogP contribution in [0.15, 0.2) is 24.3 Å². The standard InChI is InChI=1S/C22H29N5O4S/c1-14(28)24-22-25-17(11-8-15-6-9-16(10-7-15)31-21(23)30)19(32-22)13-27-12-4-5-18(27)20(29)26(2)3/h6-7,9-10,18H,4-5,8,11-13H2,1-3H3,(H2,23,30)(H,24,25,28)/t18-/m0/s1. The fourth-order valence-corrected chi connectivity index (χ4v) is 4.87. The van der Waals surface area contributed by atoms with Crippen molar-refractivity contribution in [2.45, 2.75) is 45.2 Å². The van der Waals surface area contributed by atoms with E-state index in [1.807, 2.05) is 12.1 Å². The van der Waals surface area contributed by atoms with Crippen LogP contribution in [0.5, 0.6) is 5.75 Å². The average molecular weight is 460 g/mol. The lowest BCUT2D eigenvalue weighted by molar-refractivity contribution is -0.133. The predicted molar refractivity (Wildman–Crippen MR) is 123 cm³/mol. The number of likely N-dealkylation sites (N-methyl/N-ethyl adjacent to an activating group) is 1. The van der Waals surface area contributed by atoms with Crippen LogP contribution in [0.2, 0.25) is 0 Å². The number of nitrogens with one attached hydrogen (secondary N) is 1. The number of primary amides is 1. The second kappa shape index (κ2) is 10.6. The Balaban J connectivity index is 1.73. The minimum absolute atomic E-state index is 0.119. The van der Waals surface area contributed by atoms with Crippen molar-refractivity contribution in [2.24, 2.45) is 5.73 Å². The summed E-state index contributed by atoms with van der Waals surface area (Å²) in [4.78, 5) is 44.5. The molecule has 2 aromatic rings. The largest absolute Gasteiger partial charge is 0.411 e. The van der Waals surface area contributed by atoms with E-state index < -0.39 is 6.09 Å². The van der Waals surface area contributed by atoms with Crippen LogP contribution in [0, 0.1) is 0 Å². The summed E-state index contributed by atoms with van der Waals surface area (Å²) in [5, 5.41) is 3.35. The van der Waals surface area contributed by atoms with E-state index in [2.05, 4.69) is 15.2 Å². The number of nitrogens with two attached hydrogens (primary N) is 1. The molecule has 1 aliphatic heterocycles. The number of carbonyl (C=O) groups excluding carboxylic acids is 3. The second-order valence-electron chi connectivity index (χ2n) is 8.00. The highest BCUT2D eigenvalue weighted by Gasteiger charge is 2.32. The number of hydrogen-bond acceptors (Lipinski definition) is 7. The van der Waals surface area contributed by atoms with Crippen molar-refractivity contribution in [1.82, 2.24) is 14.8 Å². The summed E-state index contributed by atoms with van der Waals surface area (Å²) in [6, 6.07) is 7.04. The number of ether oxygens (including phenoxy) is 1. The van der Waals surface area contributed by atoms with Gasteiger partial charge in [-0.2, -0.15) is 0 Å². The predicted octanol–water partition coefficient (Wildman–Crippen LogP) is 2.40. The van der Waals surface area contributed by atoms with Crippen molar-refractivity contribution in [3.8, 4) is 5.75 Å². The highest BCUT2D eigenvalue weighted by molar-refractivity contribution is 7.15. The van der Waals surface area contributed by atoms with Gasteiger partial charge in [0.2, 0.25) is 11.8 Å². The first-order valence-corrected chi connectivity index (χ1v) is 11.3. The first-order chi connectivity index (χ1) is 15.2. The zero-order valence-electron chi connectivity index (χ0n) is 18.6. The molecule has 1 aliphatic rings. The summed E-state index contributed by atoms with van der Waals surface area (Å²) < 4.78 is 4.86. The smallest absolute Gasteiger partial charge is 0.409 e. The van der Waals surface area contributed by atoms with Gasteiger partial charge in [-0.15, -0.1) is 11.3 Å². The van der Waals surface area contributed by atoms with Crippen molar-refractivity contribution in [1.29, 1.82) is 0 Å². The maximum absolute atomic E-state index is 12.6. The molecule has 3 rings (SSSR count). The van der Waals surface area contributed by atoms with Gasteiger partial charge in [-0.3, -0.25) is 14.5 Å². The minimum Gasteiger partial charge on any atom is -0.411 e. The zero-order valence-corrected chi connectivity index (χ0v) is 19.4. The zero-order chi connectivity index (χ0) is 23.3. The molecule has 10 heteroatoms. The van der Waals surface area contributed by atoms with Gasteiger partial charge < -0.3 is 20.7 Å². The van der Waals surface area contributed by atoms with Gasteiger partial charge in [0, 0.05) is 32.4 Å². The Morgan fingerprint density at radius 1 is 1.25 bits per heavy atom. The van der Waals surface area contributed by atoms with Gasteiger partial charge in [-0.05, 0) is 49.9 Å². The van der Waals surface area contributed by atoms with Crippen LogP contribution < -0.4 is 15.8 Å². The van der Waals surface area contributed by atoms with Crippen LogP contribution in [0.4, 0.5) is 9.93 Å². The second-order valence-corrected chi connectivity index (χ2v) is 9.08. The van der Waals surface area contributed by atoms with E-state index >= 15 is 0 Å². The van der Waals surface area contributed by atoms with Crippen LogP contribution in [-0.4, -0.2) is 59.4 Å². The maximum atomic E-state index is 12.6. The Kier molecular flexibility index (Phi) is 7.81. The van der Waals surface area contributed by atoms with Gasteiger partial charge in [0.05, 0.1) is 11.7 Å². The molecule has 3 N–H and O–H groups in total. The molecular formula is C22H29N5O4S. The van der Waals surface area contributed by atoms with Crippen molar-refractivity contribution in [3.05, 3.63) is 40.4 Å². The number of carbonyl (C=O) groups is 3. The van der Waals surface area contributed by atoms with E-state index in [1.165, 1.54) is 18.3 Å². The third kappa shape index (κ3) is 6.27. The molecule has 172 valence electrons. The molecule has 1 aromatic heterocycles. The number of benzene rings is 1. The van der Waals surface area contributed by atoms with Gasteiger partial charge >= 0.3 is 6.09 Å². The number of hydrogen-bond donors (Lipinski definition) is 2. The summed E-state index contributed by atoms with van der Waals surface area (Å²) in [6.45, 7) is 2.95. The SMILES string of the molecule is CC(=O)Nc1nc(CCc2ccc(OC(N)=O)cc2)c(CN2CCC[C@H]2C(=O)N(C)C)s1. The lowest BCUT2D eigenvalue weighted by Crippen LogP contribution is -2.42. The van der Waals surface area contributed by atoms with Crippen LogP contribution in [0.1, 0.15) is 35.9 Å². The molecule has 3 amide bonds. The monoisotopic (exact) mass is 459 g/mol. The number of amides is 3. The Bertz CT molecular complexity index is 973. The van der Waals surface area contributed by atoms with E-state index in [4.69, 9.17) is 10.5 Å². The number of aromatic nitrogens is 1.